The molecular weight excluding hydrogens is 336 g/mol. The van der Waals surface area contributed by atoms with Crippen LogP contribution in [0.3, 0.4) is 0 Å². The lowest BCUT2D eigenvalue weighted by atomic mass is 10.2. The highest BCUT2D eigenvalue weighted by Gasteiger charge is 2.14. The van der Waals surface area contributed by atoms with Crippen molar-refractivity contribution in [2.24, 2.45) is 0 Å². The van der Waals surface area contributed by atoms with E-state index in [2.05, 4.69) is 10.3 Å². The first-order valence-corrected chi connectivity index (χ1v) is 8.58. The SMILES string of the molecule is CCc1nc2ccccc2n1CC(=O)Nc1cc(Cl)ccc1N(C)C. The monoisotopic (exact) mass is 356 g/mol. The van der Waals surface area contributed by atoms with Crippen LogP contribution in [0.5, 0.6) is 0 Å². The van der Waals surface area contributed by atoms with E-state index < -0.39 is 0 Å². The molecule has 1 heterocycles. The Hall–Kier alpha value is -2.53. The third kappa shape index (κ3) is 3.61. The molecule has 5 nitrogen and oxygen atoms in total. The van der Waals surface area contributed by atoms with Gasteiger partial charge in [-0.25, -0.2) is 4.98 Å². The Morgan fingerprint density at radius 3 is 2.72 bits per heavy atom. The third-order valence-electron chi connectivity index (χ3n) is 4.07. The van der Waals surface area contributed by atoms with Crippen molar-refractivity contribution in [1.29, 1.82) is 0 Å². The molecular formula is C19H21ClN4O. The molecule has 0 unspecified atom stereocenters. The summed E-state index contributed by atoms with van der Waals surface area (Å²) in [5.74, 6) is 0.790. The molecule has 0 aliphatic carbocycles. The number of para-hydroxylation sites is 2. The summed E-state index contributed by atoms with van der Waals surface area (Å²) in [6.07, 6.45) is 0.766. The molecule has 3 rings (SSSR count). The number of amides is 1. The summed E-state index contributed by atoms with van der Waals surface area (Å²) >= 11 is 6.09. The normalized spacial score (nSPS) is 10.9. The molecule has 0 aliphatic heterocycles. The van der Waals surface area contributed by atoms with Crippen molar-refractivity contribution in [1.82, 2.24) is 9.55 Å². The molecule has 6 heteroatoms. The van der Waals surface area contributed by atoms with E-state index in [1.165, 1.54) is 0 Å². The van der Waals surface area contributed by atoms with Crippen molar-refractivity contribution in [3.63, 3.8) is 0 Å². The minimum absolute atomic E-state index is 0.108. The summed E-state index contributed by atoms with van der Waals surface area (Å²) in [7, 11) is 3.86. The number of hydrogen-bond donors (Lipinski definition) is 1. The van der Waals surface area contributed by atoms with Gasteiger partial charge >= 0.3 is 0 Å². The lowest BCUT2D eigenvalue weighted by Gasteiger charge is -2.18. The lowest BCUT2D eigenvalue weighted by molar-refractivity contribution is -0.116. The highest BCUT2D eigenvalue weighted by molar-refractivity contribution is 6.31. The van der Waals surface area contributed by atoms with E-state index in [9.17, 15) is 4.79 Å². The van der Waals surface area contributed by atoms with Crippen LogP contribution in [0, 0.1) is 0 Å². The van der Waals surface area contributed by atoms with Crippen molar-refractivity contribution in [2.75, 3.05) is 24.3 Å². The molecule has 25 heavy (non-hydrogen) atoms. The summed E-state index contributed by atoms with van der Waals surface area (Å²) in [5, 5.41) is 3.56. The van der Waals surface area contributed by atoms with Crippen molar-refractivity contribution >= 4 is 39.9 Å². The zero-order valence-electron chi connectivity index (χ0n) is 14.6. The summed E-state index contributed by atoms with van der Waals surface area (Å²) < 4.78 is 1.96. The van der Waals surface area contributed by atoms with Crippen molar-refractivity contribution < 1.29 is 4.79 Å². The van der Waals surface area contributed by atoms with E-state index in [4.69, 9.17) is 11.6 Å². The molecule has 0 spiro atoms. The molecule has 1 amide bonds. The molecule has 0 saturated heterocycles. The fourth-order valence-corrected chi connectivity index (χ4v) is 3.08. The third-order valence-corrected chi connectivity index (χ3v) is 4.30. The maximum Gasteiger partial charge on any atom is 0.244 e. The fourth-order valence-electron chi connectivity index (χ4n) is 2.90. The molecule has 0 aliphatic rings. The Labute approximate surface area is 152 Å². The summed E-state index contributed by atoms with van der Waals surface area (Å²) in [6, 6.07) is 13.3. The average molecular weight is 357 g/mol. The second-order valence-electron chi connectivity index (χ2n) is 6.06. The predicted molar refractivity (Wildman–Crippen MR) is 104 cm³/mol. The number of aromatic nitrogens is 2. The number of rotatable bonds is 5. The minimum atomic E-state index is -0.108. The van der Waals surface area contributed by atoms with Crippen LogP contribution < -0.4 is 10.2 Å². The molecule has 2 aromatic carbocycles. The summed E-state index contributed by atoms with van der Waals surface area (Å²) in [4.78, 5) is 19.2. The van der Waals surface area contributed by atoms with E-state index in [1.807, 2.05) is 66.9 Å². The van der Waals surface area contributed by atoms with Gasteiger partial charge < -0.3 is 14.8 Å². The zero-order chi connectivity index (χ0) is 18.0. The second-order valence-corrected chi connectivity index (χ2v) is 6.50. The van der Waals surface area contributed by atoms with Gasteiger partial charge in [-0.3, -0.25) is 4.79 Å². The first kappa shape index (κ1) is 17.3. The molecule has 130 valence electrons. The number of nitrogens with zero attached hydrogens (tertiary/aromatic N) is 3. The number of nitrogens with one attached hydrogen (secondary N) is 1. The van der Waals surface area contributed by atoms with Crippen LogP contribution in [0.4, 0.5) is 11.4 Å². The van der Waals surface area contributed by atoms with Crippen molar-refractivity contribution in [2.45, 2.75) is 19.9 Å². The van der Waals surface area contributed by atoms with Gasteiger partial charge in [0.25, 0.3) is 0 Å². The predicted octanol–water partition coefficient (Wildman–Crippen LogP) is 3.96. The Balaban J connectivity index is 1.88. The topological polar surface area (TPSA) is 50.2 Å². The van der Waals surface area contributed by atoms with Crippen molar-refractivity contribution in [3.05, 3.63) is 53.3 Å². The maximum atomic E-state index is 12.7. The second kappa shape index (κ2) is 7.15. The van der Waals surface area contributed by atoms with Gasteiger partial charge in [0.1, 0.15) is 12.4 Å². The van der Waals surface area contributed by atoms with Crippen LogP contribution in [0.2, 0.25) is 5.02 Å². The van der Waals surface area contributed by atoms with Gasteiger partial charge in [0, 0.05) is 25.5 Å². The van der Waals surface area contributed by atoms with Crippen molar-refractivity contribution in [3.8, 4) is 0 Å². The molecule has 0 atom stereocenters. The highest BCUT2D eigenvalue weighted by atomic mass is 35.5. The first-order chi connectivity index (χ1) is 12.0. The molecule has 0 radical (unpaired) electrons. The van der Waals surface area contributed by atoms with Crippen LogP contribution in [-0.2, 0) is 17.8 Å². The summed E-state index contributed by atoms with van der Waals surface area (Å²) in [5.41, 5.74) is 3.48. The van der Waals surface area contributed by atoms with Gasteiger partial charge in [-0.15, -0.1) is 0 Å². The zero-order valence-corrected chi connectivity index (χ0v) is 15.3. The highest BCUT2D eigenvalue weighted by Crippen LogP contribution is 2.28. The maximum absolute atomic E-state index is 12.7. The molecule has 3 aromatic rings. The van der Waals surface area contributed by atoms with Crippen LogP contribution in [0.25, 0.3) is 11.0 Å². The molecule has 1 N–H and O–H groups in total. The Morgan fingerprint density at radius 2 is 2.00 bits per heavy atom. The Bertz CT molecular complexity index is 917. The lowest BCUT2D eigenvalue weighted by Crippen LogP contribution is -2.22. The number of halogens is 1. The number of carbonyl (C=O) groups is 1. The van der Waals surface area contributed by atoms with Gasteiger partial charge in [-0.2, -0.15) is 0 Å². The standard InChI is InChI=1S/C19H21ClN4O/c1-4-18-21-14-7-5-6-8-17(14)24(18)12-19(25)22-15-11-13(20)9-10-16(15)23(2)3/h5-11H,4,12H2,1-3H3,(H,22,25). The average Bonchev–Trinajstić information content (AvgIpc) is 2.92. The largest absolute Gasteiger partial charge is 0.376 e. The quantitative estimate of drug-likeness (QED) is 0.752. The minimum Gasteiger partial charge on any atom is -0.376 e. The van der Waals surface area contributed by atoms with E-state index in [0.717, 1.165) is 29.0 Å². The number of benzene rings is 2. The van der Waals surface area contributed by atoms with E-state index >= 15 is 0 Å². The van der Waals surface area contributed by atoms with Gasteiger partial charge in [0.15, 0.2) is 0 Å². The van der Waals surface area contributed by atoms with Gasteiger partial charge in [0.2, 0.25) is 5.91 Å². The van der Waals surface area contributed by atoms with Crippen LogP contribution >= 0.6 is 11.6 Å². The molecule has 0 saturated carbocycles. The number of fused-ring (bicyclic) bond motifs is 1. The van der Waals surface area contributed by atoms with Gasteiger partial charge in [-0.05, 0) is 30.3 Å². The Morgan fingerprint density at radius 1 is 1.24 bits per heavy atom. The number of aryl methyl sites for hydroxylation is 1. The van der Waals surface area contributed by atoms with E-state index in [1.54, 1.807) is 6.07 Å². The molecule has 0 bridgehead atoms. The number of carbonyl (C=O) groups excluding carboxylic acids is 1. The Kier molecular flexibility index (Phi) is 4.95. The smallest absolute Gasteiger partial charge is 0.244 e. The number of hydrogen-bond acceptors (Lipinski definition) is 3. The first-order valence-electron chi connectivity index (χ1n) is 8.20. The van der Waals surface area contributed by atoms with Gasteiger partial charge in [0.05, 0.1) is 22.4 Å². The summed E-state index contributed by atoms with van der Waals surface area (Å²) in [6.45, 7) is 2.25. The number of anilines is 2. The number of imidazole rings is 1. The van der Waals surface area contributed by atoms with E-state index in [0.29, 0.717) is 10.7 Å². The van der Waals surface area contributed by atoms with Gasteiger partial charge in [-0.1, -0.05) is 30.7 Å². The molecule has 1 aromatic heterocycles. The van der Waals surface area contributed by atoms with Crippen LogP contribution in [-0.4, -0.2) is 29.6 Å². The van der Waals surface area contributed by atoms with Crippen LogP contribution in [0.15, 0.2) is 42.5 Å². The molecule has 0 fully saturated rings. The van der Waals surface area contributed by atoms with E-state index in [-0.39, 0.29) is 12.5 Å². The fraction of sp³-hybridized carbons (Fsp3) is 0.263. The van der Waals surface area contributed by atoms with Crippen LogP contribution in [0.1, 0.15) is 12.7 Å².